The van der Waals surface area contributed by atoms with Gasteiger partial charge in [0.2, 0.25) is 0 Å². The maximum Gasteiger partial charge on any atom is 0.162 e. The minimum Gasteiger partial charge on any atom is -0.493 e. The zero-order valence-electron chi connectivity index (χ0n) is 15.3. The van der Waals surface area contributed by atoms with Crippen molar-refractivity contribution >= 4 is 22.4 Å². The zero-order chi connectivity index (χ0) is 18.2. The van der Waals surface area contributed by atoms with Crippen molar-refractivity contribution in [2.45, 2.75) is 0 Å². The standard InChI is InChI=1S/C16H15N3O2.C3H9N/c1-20-14-8-12-13(9-15(14)21-2)17-10-18-16(12)19-11-6-4-3-5-7-11;1-4(2)3/h3-10H,1-2H3,(H,17,18,19);1-3H3. The number of para-hydroxylation sites is 1. The Hall–Kier alpha value is -2.86. The number of hydrogen-bond acceptors (Lipinski definition) is 6. The Bertz CT molecular complexity index is 804. The summed E-state index contributed by atoms with van der Waals surface area (Å²) >= 11 is 0. The third-order valence-corrected chi connectivity index (χ3v) is 3.18. The van der Waals surface area contributed by atoms with Gasteiger partial charge < -0.3 is 19.7 Å². The molecule has 6 heteroatoms. The van der Waals surface area contributed by atoms with E-state index in [0.29, 0.717) is 11.5 Å². The van der Waals surface area contributed by atoms with Crippen LogP contribution in [-0.2, 0) is 0 Å². The molecule has 0 aliphatic heterocycles. The lowest BCUT2D eigenvalue weighted by molar-refractivity contribution is 0.356. The maximum absolute atomic E-state index is 5.34. The third-order valence-electron chi connectivity index (χ3n) is 3.18. The molecule has 0 unspecified atom stereocenters. The van der Waals surface area contributed by atoms with E-state index in [9.17, 15) is 0 Å². The summed E-state index contributed by atoms with van der Waals surface area (Å²) in [6.07, 6.45) is 1.53. The summed E-state index contributed by atoms with van der Waals surface area (Å²) in [4.78, 5) is 10.6. The molecule has 0 atom stereocenters. The number of fused-ring (bicyclic) bond motifs is 1. The highest BCUT2D eigenvalue weighted by Gasteiger charge is 2.10. The number of nitrogens with zero attached hydrogens (tertiary/aromatic N) is 3. The number of nitrogens with one attached hydrogen (secondary N) is 1. The van der Waals surface area contributed by atoms with E-state index in [-0.39, 0.29) is 0 Å². The molecular formula is C19H24N4O2. The van der Waals surface area contributed by atoms with E-state index >= 15 is 0 Å². The normalized spacial score (nSPS) is 10.2. The quantitative estimate of drug-likeness (QED) is 0.783. The molecule has 1 aromatic heterocycles. The first-order valence-electron chi connectivity index (χ1n) is 7.85. The fourth-order valence-electron chi connectivity index (χ4n) is 2.14. The van der Waals surface area contributed by atoms with Crippen LogP contribution >= 0.6 is 0 Å². The van der Waals surface area contributed by atoms with Crippen molar-refractivity contribution in [2.75, 3.05) is 40.7 Å². The van der Waals surface area contributed by atoms with Gasteiger partial charge in [-0.05, 0) is 39.3 Å². The highest BCUT2D eigenvalue weighted by molar-refractivity contribution is 5.93. The molecule has 1 N–H and O–H groups in total. The molecule has 0 aliphatic carbocycles. The zero-order valence-corrected chi connectivity index (χ0v) is 15.3. The molecular weight excluding hydrogens is 316 g/mol. The average molecular weight is 340 g/mol. The molecule has 25 heavy (non-hydrogen) atoms. The first-order valence-corrected chi connectivity index (χ1v) is 7.85. The minimum absolute atomic E-state index is 0.648. The van der Waals surface area contributed by atoms with Gasteiger partial charge in [-0.2, -0.15) is 0 Å². The molecule has 0 saturated heterocycles. The summed E-state index contributed by atoms with van der Waals surface area (Å²) in [5.41, 5.74) is 1.76. The predicted octanol–water partition coefficient (Wildman–Crippen LogP) is 3.57. The SMILES string of the molecule is CN(C)C.COc1cc2ncnc(Nc3ccccc3)c2cc1OC. The smallest absolute Gasteiger partial charge is 0.162 e. The van der Waals surface area contributed by atoms with Crippen molar-refractivity contribution in [3.05, 3.63) is 48.8 Å². The molecule has 0 fully saturated rings. The van der Waals surface area contributed by atoms with Crippen LogP contribution in [0.3, 0.4) is 0 Å². The average Bonchev–Trinajstić information content (AvgIpc) is 2.61. The number of ether oxygens (including phenoxy) is 2. The van der Waals surface area contributed by atoms with E-state index in [2.05, 4.69) is 15.3 Å². The molecule has 0 aliphatic rings. The van der Waals surface area contributed by atoms with Crippen molar-refractivity contribution in [1.82, 2.24) is 14.9 Å². The van der Waals surface area contributed by atoms with Crippen molar-refractivity contribution in [2.24, 2.45) is 0 Å². The second-order valence-corrected chi connectivity index (χ2v) is 5.78. The van der Waals surface area contributed by atoms with Crippen molar-refractivity contribution < 1.29 is 9.47 Å². The summed E-state index contributed by atoms with van der Waals surface area (Å²) in [6.45, 7) is 0. The topological polar surface area (TPSA) is 59.5 Å². The van der Waals surface area contributed by atoms with E-state index < -0.39 is 0 Å². The van der Waals surface area contributed by atoms with Crippen molar-refractivity contribution in [1.29, 1.82) is 0 Å². The van der Waals surface area contributed by atoms with Gasteiger partial charge in [-0.25, -0.2) is 9.97 Å². The third kappa shape index (κ3) is 5.06. The molecule has 0 bridgehead atoms. The summed E-state index contributed by atoms with van der Waals surface area (Å²) < 4.78 is 10.6. The van der Waals surface area contributed by atoms with Crippen LogP contribution in [-0.4, -0.2) is 50.2 Å². The molecule has 3 aromatic rings. The van der Waals surface area contributed by atoms with Gasteiger partial charge in [0.05, 0.1) is 19.7 Å². The molecule has 0 saturated carbocycles. The lowest BCUT2D eigenvalue weighted by atomic mass is 10.2. The first kappa shape index (κ1) is 18.5. The van der Waals surface area contributed by atoms with Crippen LogP contribution in [0.25, 0.3) is 10.9 Å². The van der Waals surface area contributed by atoms with E-state index in [0.717, 1.165) is 22.4 Å². The van der Waals surface area contributed by atoms with Crippen LogP contribution in [0.4, 0.5) is 11.5 Å². The Balaban J connectivity index is 0.000000511. The Kier molecular flexibility index (Phi) is 6.54. The second-order valence-electron chi connectivity index (χ2n) is 5.78. The fraction of sp³-hybridized carbons (Fsp3) is 0.263. The number of methoxy groups -OCH3 is 2. The predicted molar refractivity (Wildman–Crippen MR) is 102 cm³/mol. The van der Waals surface area contributed by atoms with Crippen molar-refractivity contribution in [3.63, 3.8) is 0 Å². The van der Waals surface area contributed by atoms with Gasteiger partial charge >= 0.3 is 0 Å². The lowest BCUT2D eigenvalue weighted by Crippen LogP contribution is -1.99. The van der Waals surface area contributed by atoms with Crippen LogP contribution in [0.15, 0.2) is 48.8 Å². The van der Waals surface area contributed by atoms with Gasteiger partial charge in [0.1, 0.15) is 12.1 Å². The fourth-order valence-corrected chi connectivity index (χ4v) is 2.14. The molecule has 0 radical (unpaired) electrons. The summed E-state index contributed by atoms with van der Waals surface area (Å²) in [5.74, 6) is 2.03. The minimum atomic E-state index is 0.648. The molecule has 0 spiro atoms. The lowest BCUT2D eigenvalue weighted by Gasteiger charge is -2.12. The maximum atomic E-state index is 5.34. The van der Waals surface area contributed by atoms with E-state index in [1.165, 1.54) is 6.33 Å². The number of anilines is 2. The molecule has 6 nitrogen and oxygen atoms in total. The second kappa shape index (κ2) is 8.84. The molecule has 0 amide bonds. The Morgan fingerprint density at radius 1 is 0.880 bits per heavy atom. The van der Waals surface area contributed by atoms with E-state index in [1.54, 1.807) is 14.2 Å². The van der Waals surface area contributed by atoms with Crippen LogP contribution < -0.4 is 14.8 Å². The number of benzene rings is 2. The van der Waals surface area contributed by atoms with Gasteiger partial charge in [0.25, 0.3) is 0 Å². The van der Waals surface area contributed by atoms with Gasteiger partial charge in [-0.3, -0.25) is 0 Å². The van der Waals surface area contributed by atoms with Gasteiger partial charge in [0, 0.05) is 17.1 Å². The largest absolute Gasteiger partial charge is 0.493 e. The monoisotopic (exact) mass is 340 g/mol. The number of rotatable bonds is 4. The number of hydrogen-bond donors (Lipinski definition) is 1. The summed E-state index contributed by atoms with van der Waals surface area (Å²) in [6, 6.07) is 13.6. The highest BCUT2D eigenvalue weighted by atomic mass is 16.5. The molecule has 1 heterocycles. The molecule has 132 valence electrons. The Morgan fingerprint density at radius 2 is 1.48 bits per heavy atom. The van der Waals surface area contributed by atoms with Crippen LogP contribution in [0.5, 0.6) is 11.5 Å². The summed E-state index contributed by atoms with van der Waals surface area (Å²) in [7, 11) is 9.21. The Labute approximate surface area is 148 Å². The molecule has 3 rings (SSSR count). The highest BCUT2D eigenvalue weighted by Crippen LogP contribution is 2.34. The van der Waals surface area contributed by atoms with Crippen LogP contribution in [0.1, 0.15) is 0 Å². The van der Waals surface area contributed by atoms with Crippen LogP contribution in [0.2, 0.25) is 0 Å². The van der Waals surface area contributed by atoms with E-state index in [4.69, 9.17) is 9.47 Å². The van der Waals surface area contributed by atoms with Crippen LogP contribution in [0, 0.1) is 0 Å². The van der Waals surface area contributed by atoms with Gasteiger partial charge in [0.15, 0.2) is 11.5 Å². The summed E-state index contributed by atoms with van der Waals surface area (Å²) in [5, 5.41) is 4.16. The Morgan fingerprint density at radius 3 is 2.08 bits per heavy atom. The van der Waals surface area contributed by atoms with Crippen molar-refractivity contribution in [3.8, 4) is 11.5 Å². The van der Waals surface area contributed by atoms with Gasteiger partial charge in [-0.1, -0.05) is 18.2 Å². The van der Waals surface area contributed by atoms with Gasteiger partial charge in [-0.15, -0.1) is 0 Å². The van der Waals surface area contributed by atoms with E-state index in [1.807, 2.05) is 68.5 Å². The molecule has 2 aromatic carbocycles. The first-order chi connectivity index (χ1) is 12.0. The number of aromatic nitrogens is 2.